The first-order chi connectivity index (χ1) is 44.3. The molecule has 3 aliphatic rings. The zero-order valence-corrected chi connectivity index (χ0v) is 57.3. The van der Waals surface area contributed by atoms with Crippen LogP contribution in [-0.4, -0.2) is 134 Å². The summed E-state index contributed by atoms with van der Waals surface area (Å²) in [4.78, 5) is 64.9. The number of para-hydroxylation sites is 1. The molecule has 3 unspecified atom stereocenters. The topological polar surface area (TPSA) is 170 Å². The third kappa shape index (κ3) is 21.7. The third-order valence-corrected chi connectivity index (χ3v) is 19.2. The van der Waals surface area contributed by atoms with Crippen LogP contribution >= 0.6 is 23.2 Å². The molecule has 496 valence electrons. The van der Waals surface area contributed by atoms with Crippen molar-refractivity contribution in [3.8, 4) is 5.75 Å². The van der Waals surface area contributed by atoms with Gasteiger partial charge in [-0.15, -0.1) is 0 Å². The Kier molecular flexibility index (Phi) is 29.0. The van der Waals surface area contributed by atoms with Crippen molar-refractivity contribution >= 4 is 64.3 Å². The summed E-state index contributed by atoms with van der Waals surface area (Å²) in [5.74, 6) is -0.663. The molecule has 0 aliphatic carbocycles. The van der Waals surface area contributed by atoms with Crippen molar-refractivity contribution in [3.63, 3.8) is 0 Å². The molecule has 3 aliphatic heterocycles. The van der Waals surface area contributed by atoms with Crippen LogP contribution in [0.3, 0.4) is 0 Å². The number of amides is 7. The number of carbonyl (C=O) groups excluding carboxylic acids is 4. The molecule has 0 radical (unpaired) electrons. The molecule has 0 bridgehead atoms. The number of likely N-dealkylation sites (tertiary alicyclic amines) is 3. The van der Waals surface area contributed by atoms with Gasteiger partial charge < -0.3 is 56.2 Å². The number of hydrogen-bond acceptors (Lipinski definition) is 8. The molecular formula is C75H102Cl2N10O5. The zero-order valence-electron chi connectivity index (χ0n) is 55.8. The van der Waals surface area contributed by atoms with Gasteiger partial charge in [-0.25, -0.2) is 14.4 Å². The van der Waals surface area contributed by atoms with Crippen LogP contribution in [0.2, 0.25) is 10.0 Å². The first-order valence-electron chi connectivity index (χ1n) is 33.6. The number of halogens is 2. The van der Waals surface area contributed by atoms with E-state index in [1.807, 2.05) is 82.6 Å². The van der Waals surface area contributed by atoms with E-state index in [1.165, 1.54) is 56.2 Å². The summed E-state index contributed by atoms with van der Waals surface area (Å²) in [7, 11) is 0. The minimum absolute atomic E-state index is 0.0105. The summed E-state index contributed by atoms with van der Waals surface area (Å²) in [5.41, 5.74) is 13.4. The van der Waals surface area contributed by atoms with E-state index in [1.54, 1.807) is 24.3 Å². The minimum Gasteiger partial charge on any atom is -0.505 e. The first kappa shape index (κ1) is 72.3. The molecule has 6 aromatic rings. The first-order valence-corrected chi connectivity index (χ1v) is 34.3. The van der Waals surface area contributed by atoms with Gasteiger partial charge in [-0.2, -0.15) is 0 Å². The highest BCUT2D eigenvalue weighted by Gasteiger charge is 2.33. The van der Waals surface area contributed by atoms with Crippen LogP contribution < -0.4 is 21.7 Å². The molecule has 3 fully saturated rings. The second kappa shape index (κ2) is 36.9. The van der Waals surface area contributed by atoms with E-state index in [-0.39, 0.29) is 52.0 Å². The maximum Gasteiger partial charge on any atom is 0.322 e. The number of carbonyl (C=O) groups is 4. The van der Waals surface area contributed by atoms with Crippen LogP contribution in [0.4, 0.5) is 31.4 Å². The molecule has 0 aromatic heterocycles. The zero-order chi connectivity index (χ0) is 66.1. The average Bonchev–Trinajstić information content (AvgIpc) is 1.18. The van der Waals surface area contributed by atoms with Crippen LogP contribution in [0.5, 0.6) is 5.75 Å². The van der Waals surface area contributed by atoms with Crippen molar-refractivity contribution in [1.82, 2.24) is 29.4 Å². The van der Waals surface area contributed by atoms with Crippen molar-refractivity contribution in [2.24, 2.45) is 5.73 Å². The number of aryl methyl sites for hydroxylation is 2. The van der Waals surface area contributed by atoms with Crippen LogP contribution in [0, 0.1) is 13.8 Å². The van der Waals surface area contributed by atoms with Crippen LogP contribution in [0.25, 0.3) is 0 Å². The van der Waals surface area contributed by atoms with Crippen LogP contribution in [0.15, 0.2) is 146 Å². The van der Waals surface area contributed by atoms with E-state index >= 15 is 0 Å². The molecule has 15 nitrogen and oxygen atoms in total. The lowest BCUT2D eigenvalue weighted by Gasteiger charge is -2.41. The number of rotatable bonds is 22. The van der Waals surface area contributed by atoms with E-state index in [0.717, 1.165) is 106 Å². The number of anilines is 3. The molecule has 3 saturated heterocycles. The largest absolute Gasteiger partial charge is 0.505 e. The molecule has 7 amide bonds. The summed E-state index contributed by atoms with van der Waals surface area (Å²) in [6.45, 7) is 25.6. The molecule has 9 rings (SSSR count). The summed E-state index contributed by atoms with van der Waals surface area (Å²) in [5, 5.41) is 19.1. The quantitative estimate of drug-likeness (QED) is 0.0418. The van der Waals surface area contributed by atoms with Gasteiger partial charge in [0.15, 0.2) is 5.75 Å². The number of nitrogens with zero attached hydrogens (tertiary/aromatic N) is 6. The minimum atomic E-state index is -0.479. The number of phenolic OH excluding ortho intramolecular Hbond substituents is 1. The van der Waals surface area contributed by atoms with Crippen molar-refractivity contribution in [2.45, 2.75) is 188 Å². The molecule has 92 heavy (non-hydrogen) atoms. The average molecular weight is 1290 g/mol. The van der Waals surface area contributed by atoms with Crippen LogP contribution in [0.1, 0.15) is 157 Å². The fourth-order valence-corrected chi connectivity index (χ4v) is 13.6. The Hall–Kier alpha value is -7.14. The fourth-order valence-electron chi connectivity index (χ4n) is 13.1. The third-order valence-electron chi connectivity index (χ3n) is 18.6. The fraction of sp³-hybridized carbons (Fsp3) is 0.467. The predicted octanol–water partition coefficient (Wildman–Crippen LogP) is 16.8. The Morgan fingerprint density at radius 2 is 0.793 bits per heavy atom. The Bertz CT molecular complexity index is 3170. The number of nitrogens with one attached hydrogen (secondary N) is 3. The SMILES string of the molecule is CCCC(C)N1CCC(N(Cc2ccccc2)C(=O)Nc2c(C)cccc2C)CC1.CCCC(C)N1CCC(N(Cc2ccccc2)C(=O)Nc2cc(Cl)c(O)c(Cl)c2)CC1.CCCC(C)N1CCC(N(Cc2ccccc2)C(=O)Nc2ccc(C(N)=O)cc2)CC1. The Morgan fingerprint density at radius 1 is 0.478 bits per heavy atom. The smallest absolute Gasteiger partial charge is 0.322 e. The number of phenols is 1. The maximum absolute atomic E-state index is 13.4. The highest BCUT2D eigenvalue weighted by molar-refractivity contribution is 6.37. The lowest BCUT2D eigenvalue weighted by molar-refractivity contribution is 0.0987. The lowest BCUT2D eigenvalue weighted by atomic mass is 10.00. The number of piperidine rings is 3. The number of urea groups is 3. The van der Waals surface area contributed by atoms with Crippen molar-refractivity contribution < 1.29 is 24.3 Å². The summed E-state index contributed by atoms with van der Waals surface area (Å²) >= 11 is 12.1. The second-order valence-electron chi connectivity index (χ2n) is 25.3. The monoisotopic (exact) mass is 1290 g/mol. The normalized spacial score (nSPS) is 16.1. The van der Waals surface area contributed by atoms with Gasteiger partial charge in [-0.3, -0.25) is 4.79 Å². The van der Waals surface area contributed by atoms with Gasteiger partial charge in [0.05, 0.1) is 10.0 Å². The number of nitrogens with two attached hydrogens (primary N) is 1. The number of aromatic hydroxyl groups is 1. The number of hydrogen-bond donors (Lipinski definition) is 5. The van der Waals surface area contributed by atoms with E-state index in [0.29, 0.717) is 54.7 Å². The number of primary amides is 1. The van der Waals surface area contributed by atoms with Gasteiger partial charge >= 0.3 is 18.1 Å². The van der Waals surface area contributed by atoms with Gasteiger partial charge in [0.25, 0.3) is 0 Å². The van der Waals surface area contributed by atoms with Gasteiger partial charge in [0.2, 0.25) is 5.91 Å². The summed E-state index contributed by atoms with van der Waals surface area (Å²) < 4.78 is 0. The van der Waals surface area contributed by atoms with E-state index in [2.05, 4.69) is 127 Å². The lowest BCUT2D eigenvalue weighted by Crippen LogP contribution is -2.50. The molecule has 0 spiro atoms. The van der Waals surface area contributed by atoms with Crippen LogP contribution in [-0.2, 0) is 19.6 Å². The predicted molar refractivity (Wildman–Crippen MR) is 379 cm³/mol. The summed E-state index contributed by atoms with van der Waals surface area (Å²) in [6, 6.07) is 48.4. The Morgan fingerprint density at radius 3 is 1.11 bits per heavy atom. The van der Waals surface area contributed by atoms with Crippen molar-refractivity contribution in [2.75, 3.05) is 55.2 Å². The Balaban J connectivity index is 0.000000196. The van der Waals surface area contributed by atoms with E-state index in [4.69, 9.17) is 28.9 Å². The Labute approximate surface area is 559 Å². The highest BCUT2D eigenvalue weighted by atomic mass is 35.5. The van der Waals surface area contributed by atoms with Crippen molar-refractivity contribution in [1.29, 1.82) is 0 Å². The van der Waals surface area contributed by atoms with Gasteiger partial charge in [-0.05, 0) is 157 Å². The molecule has 3 atom stereocenters. The van der Waals surface area contributed by atoms with E-state index in [9.17, 15) is 24.3 Å². The maximum atomic E-state index is 13.4. The highest BCUT2D eigenvalue weighted by Crippen LogP contribution is 2.35. The molecule has 6 aromatic carbocycles. The molecular weight excluding hydrogens is 1190 g/mol. The molecule has 3 heterocycles. The van der Waals surface area contributed by atoms with Gasteiger partial charge in [0, 0.05) is 118 Å². The molecule has 0 saturated carbocycles. The number of benzene rings is 6. The molecule has 17 heteroatoms. The van der Waals surface area contributed by atoms with Gasteiger partial charge in [0.1, 0.15) is 0 Å². The standard InChI is InChI=1S/C26H37N3O.C25H34N4O2.C24H31Cl2N3O2/c1-5-10-22(4)28-17-15-24(16-18-28)29(19-23-13-7-6-8-14-23)26(30)27-25-20(2)11-9-12-21(25)3;1-3-7-19(2)28-16-14-23(15-17-28)29(18-20-8-5-4-6-9-20)25(31)27-22-12-10-21(11-13-22)24(26)30;1-3-7-17(2)28-12-10-20(11-13-28)29(16-18-8-5-4-6-9-18)24(31)27-19-14-21(25)23(30)22(26)15-19/h6-9,11-14,22,24H,5,10,15-19H2,1-4H3,(H,27,30);4-6,8-13,19,23H,3,7,14-18H2,1-2H3,(H2,26,30)(H,27,31);4-6,8-9,14-15,17,20,30H,3,7,10-13,16H2,1-2H3,(H,27,31). The van der Waals surface area contributed by atoms with Gasteiger partial charge in [-0.1, -0.05) is 172 Å². The second-order valence-corrected chi connectivity index (χ2v) is 26.2. The van der Waals surface area contributed by atoms with E-state index < -0.39 is 5.91 Å². The summed E-state index contributed by atoms with van der Waals surface area (Å²) in [6.07, 6.45) is 13.1. The molecule has 6 N–H and O–H groups in total. The van der Waals surface area contributed by atoms with Crippen molar-refractivity contribution in [3.05, 3.63) is 189 Å².